The van der Waals surface area contributed by atoms with Crippen LogP contribution in [-0.4, -0.2) is 22.7 Å². The van der Waals surface area contributed by atoms with Gasteiger partial charge in [-0.3, -0.25) is 0 Å². The summed E-state index contributed by atoms with van der Waals surface area (Å²) in [6.45, 7) is 2.15. The second-order valence-corrected chi connectivity index (χ2v) is 4.72. The van der Waals surface area contributed by atoms with Crippen LogP contribution in [0.5, 0.6) is 0 Å². The van der Waals surface area contributed by atoms with Crippen molar-refractivity contribution in [2.45, 2.75) is 25.9 Å². The Kier molecular flexibility index (Phi) is 5.72. The summed E-state index contributed by atoms with van der Waals surface area (Å²) < 4.78 is 0. The molecule has 0 amide bonds. The van der Waals surface area contributed by atoms with Crippen LogP contribution in [0, 0.1) is 0 Å². The molecule has 0 radical (unpaired) electrons. The van der Waals surface area contributed by atoms with Gasteiger partial charge in [-0.15, -0.1) is 0 Å². The van der Waals surface area contributed by atoms with Crippen molar-refractivity contribution < 1.29 is 5.11 Å². The fraction of sp³-hybridized carbons (Fsp3) is 0.500. The van der Waals surface area contributed by atoms with Gasteiger partial charge < -0.3 is 5.11 Å². The van der Waals surface area contributed by atoms with Gasteiger partial charge in [0.1, 0.15) is 0 Å². The summed E-state index contributed by atoms with van der Waals surface area (Å²) in [5.74, 6) is 2.20. The zero-order valence-electron chi connectivity index (χ0n) is 8.65. The minimum Gasteiger partial charge on any atom is -0.393 e. The maximum Gasteiger partial charge on any atom is 0.0588 e. The highest BCUT2D eigenvalue weighted by Crippen LogP contribution is 2.09. The van der Waals surface area contributed by atoms with Crippen molar-refractivity contribution in [1.82, 2.24) is 0 Å². The standard InChI is InChI=1S/C12H18OS/c1-2-14-9-8-12(13)10-11-6-4-3-5-7-11/h3-7,12-13H,2,8-10H2,1H3. The molecule has 1 unspecified atom stereocenters. The maximum atomic E-state index is 9.72. The SMILES string of the molecule is CCSCCC(O)Cc1ccccc1. The highest BCUT2D eigenvalue weighted by atomic mass is 32.2. The van der Waals surface area contributed by atoms with Gasteiger partial charge in [0, 0.05) is 0 Å². The number of hydrogen-bond acceptors (Lipinski definition) is 2. The van der Waals surface area contributed by atoms with E-state index in [1.165, 1.54) is 5.56 Å². The van der Waals surface area contributed by atoms with Crippen molar-refractivity contribution in [3.8, 4) is 0 Å². The molecule has 1 atom stereocenters. The monoisotopic (exact) mass is 210 g/mol. The Morgan fingerprint density at radius 3 is 2.64 bits per heavy atom. The molecule has 0 aliphatic carbocycles. The van der Waals surface area contributed by atoms with Gasteiger partial charge in [0.25, 0.3) is 0 Å². The molecule has 0 bridgehead atoms. The molecule has 0 fully saturated rings. The highest BCUT2D eigenvalue weighted by molar-refractivity contribution is 7.99. The van der Waals surface area contributed by atoms with Gasteiger partial charge >= 0.3 is 0 Å². The molecule has 78 valence electrons. The van der Waals surface area contributed by atoms with Gasteiger partial charge in [0.2, 0.25) is 0 Å². The first-order valence-corrected chi connectivity index (χ1v) is 6.28. The Hall–Kier alpha value is -0.470. The Labute approximate surface area is 90.5 Å². The third-order valence-corrected chi connectivity index (χ3v) is 3.05. The van der Waals surface area contributed by atoms with E-state index >= 15 is 0 Å². The largest absolute Gasteiger partial charge is 0.393 e. The molecule has 1 nitrogen and oxygen atoms in total. The van der Waals surface area contributed by atoms with Gasteiger partial charge in [-0.2, -0.15) is 11.8 Å². The molecule has 1 N–H and O–H groups in total. The first-order valence-electron chi connectivity index (χ1n) is 5.12. The topological polar surface area (TPSA) is 20.2 Å². The van der Waals surface area contributed by atoms with Crippen LogP contribution >= 0.6 is 11.8 Å². The van der Waals surface area contributed by atoms with Gasteiger partial charge in [0.05, 0.1) is 6.10 Å². The minimum atomic E-state index is -0.184. The molecule has 0 saturated heterocycles. The lowest BCUT2D eigenvalue weighted by Gasteiger charge is -2.09. The molecule has 1 rings (SSSR count). The van der Waals surface area contributed by atoms with E-state index in [1.807, 2.05) is 30.0 Å². The maximum absolute atomic E-state index is 9.72. The van der Waals surface area contributed by atoms with Crippen LogP contribution in [0.4, 0.5) is 0 Å². The molecule has 14 heavy (non-hydrogen) atoms. The third kappa shape index (κ3) is 4.68. The van der Waals surface area contributed by atoms with Crippen LogP contribution in [0.3, 0.4) is 0 Å². The molecule has 0 heterocycles. The second kappa shape index (κ2) is 6.91. The molecular weight excluding hydrogens is 192 g/mol. The number of aliphatic hydroxyl groups is 1. The van der Waals surface area contributed by atoms with Crippen LogP contribution in [0.1, 0.15) is 18.9 Å². The lowest BCUT2D eigenvalue weighted by Crippen LogP contribution is -2.11. The number of hydrogen-bond donors (Lipinski definition) is 1. The van der Waals surface area contributed by atoms with E-state index in [1.54, 1.807) is 0 Å². The Bertz CT molecular complexity index is 235. The predicted molar refractivity (Wildman–Crippen MR) is 63.8 cm³/mol. The van der Waals surface area contributed by atoms with Crippen LogP contribution in [-0.2, 0) is 6.42 Å². The van der Waals surface area contributed by atoms with Gasteiger partial charge in [-0.1, -0.05) is 37.3 Å². The molecule has 1 aromatic rings. The third-order valence-electron chi connectivity index (χ3n) is 2.11. The highest BCUT2D eigenvalue weighted by Gasteiger charge is 2.04. The van der Waals surface area contributed by atoms with Crippen molar-refractivity contribution in [2.24, 2.45) is 0 Å². The lowest BCUT2D eigenvalue weighted by atomic mass is 10.1. The van der Waals surface area contributed by atoms with Gasteiger partial charge in [-0.25, -0.2) is 0 Å². The summed E-state index contributed by atoms with van der Waals surface area (Å²) in [6.07, 6.45) is 1.50. The average Bonchev–Trinajstić information content (AvgIpc) is 2.20. The fourth-order valence-corrected chi connectivity index (χ4v) is 2.08. The number of rotatable bonds is 6. The molecule has 0 spiro atoms. The van der Waals surface area contributed by atoms with Crippen molar-refractivity contribution in [2.75, 3.05) is 11.5 Å². The summed E-state index contributed by atoms with van der Waals surface area (Å²) in [7, 11) is 0. The molecular formula is C12H18OS. The van der Waals surface area contributed by atoms with Crippen LogP contribution in [0.2, 0.25) is 0 Å². The first-order chi connectivity index (χ1) is 6.83. The van der Waals surface area contributed by atoms with Crippen molar-refractivity contribution in [3.63, 3.8) is 0 Å². The van der Waals surface area contributed by atoms with Gasteiger partial charge in [0.15, 0.2) is 0 Å². The van der Waals surface area contributed by atoms with E-state index in [2.05, 4.69) is 19.1 Å². The van der Waals surface area contributed by atoms with Crippen LogP contribution < -0.4 is 0 Å². The zero-order valence-corrected chi connectivity index (χ0v) is 9.46. The smallest absolute Gasteiger partial charge is 0.0588 e. The molecule has 0 aliphatic heterocycles. The normalized spacial score (nSPS) is 12.7. The number of thioether (sulfide) groups is 1. The summed E-state index contributed by atoms with van der Waals surface area (Å²) in [5, 5.41) is 9.72. The summed E-state index contributed by atoms with van der Waals surface area (Å²) >= 11 is 1.89. The molecule has 0 saturated carbocycles. The second-order valence-electron chi connectivity index (χ2n) is 3.33. The van der Waals surface area contributed by atoms with E-state index in [4.69, 9.17) is 0 Å². The van der Waals surface area contributed by atoms with E-state index < -0.39 is 0 Å². The van der Waals surface area contributed by atoms with E-state index in [0.29, 0.717) is 0 Å². The van der Waals surface area contributed by atoms with E-state index in [9.17, 15) is 5.11 Å². The summed E-state index contributed by atoms with van der Waals surface area (Å²) in [5.41, 5.74) is 1.22. The lowest BCUT2D eigenvalue weighted by molar-refractivity contribution is 0.172. The molecule has 0 aliphatic rings. The first kappa shape index (κ1) is 11.6. The molecule has 1 aromatic carbocycles. The zero-order chi connectivity index (χ0) is 10.2. The Balaban J connectivity index is 2.23. The van der Waals surface area contributed by atoms with Crippen molar-refractivity contribution in [3.05, 3.63) is 35.9 Å². The molecule has 0 aromatic heterocycles. The van der Waals surface area contributed by atoms with Crippen molar-refractivity contribution >= 4 is 11.8 Å². The van der Waals surface area contributed by atoms with Crippen LogP contribution in [0.25, 0.3) is 0 Å². The van der Waals surface area contributed by atoms with Crippen LogP contribution in [0.15, 0.2) is 30.3 Å². The quantitative estimate of drug-likeness (QED) is 0.729. The Morgan fingerprint density at radius 1 is 1.29 bits per heavy atom. The van der Waals surface area contributed by atoms with Gasteiger partial charge in [-0.05, 0) is 29.9 Å². The summed E-state index contributed by atoms with van der Waals surface area (Å²) in [6, 6.07) is 10.2. The summed E-state index contributed by atoms with van der Waals surface area (Å²) in [4.78, 5) is 0. The van der Waals surface area contributed by atoms with Crippen molar-refractivity contribution in [1.29, 1.82) is 0 Å². The minimum absolute atomic E-state index is 0.184. The number of aliphatic hydroxyl groups excluding tert-OH is 1. The predicted octanol–water partition coefficient (Wildman–Crippen LogP) is 2.73. The Morgan fingerprint density at radius 2 is 2.00 bits per heavy atom. The number of benzene rings is 1. The molecule has 2 heteroatoms. The fourth-order valence-electron chi connectivity index (χ4n) is 1.35. The van der Waals surface area contributed by atoms with E-state index in [0.717, 1.165) is 24.3 Å². The van der Waals surface area contributed by atoms with E-state index in [-0.39, 0.29) is 6.10 Å². The average molecular weight is 210 g/mol.